The van der Waals surface area contributed by atoms with Crippen LogP contribution in [-0.2, 0) is 4.79 Å². The molecule has 0 bridgehead atoms. The minimum absolute atomic E-state index is 0.147. The summed E-state index contributed by atoms with van der Waals surface area (Å²) in [7, 11) is 0. The molecule has 1 saturated carbocycles. The van der Waals surface area contributed by atoms with Crippen molar-refractivity contribution in [2.45, 2.75) is 25.2 Å². The van der Waals surface area contributed by atoms with Crippen LogP contribution in [0, 0.1) is 5.82 Å². The van der Waals surface area contributed by atoms with E-state index < -0.39 is 0 Å². The molecule has 0 amide bonds. The van der Waals surface area contributed by atoms with Gasteiger partial charge in [0, 0.05) is 16.5 Å². The summed E-state index contributed by atoms with van der Waals surface area (Å²) in [5.74, 6) is 0.245. The number of carbonyl (C=O) groups is 1. The highest BCUT2D eigenvalue weighted by Crippen LogP contribution is 2.32. The van der Waals surface area contributed by atoms with E-state index in [0.29, 0.717) is 28.2 Å². The molecular formula is C13H10BrFN2O2. The number of rotatable bonds is 2. The van der Waals surface area contributed by atoms with E-state index in [9.17, 15) is 9.18 Å². The number of hydrogen-bond donors (Lipinski definition) is 0. The smallest absolute Gasteiger partial charge is 0.237 e. The Hall–Kier alpha value is -1.56. The maximum absolute atomic E-state index is 13.0. The number of aromatic nitrogens is 2. The molecule has 1 unspecified atom stereocenters. The number of Topliss-reactive ketones (excluding diaryl/α,β-unsaturated/α-hetero) is 1. The fraction of sp³-hybridized carbons (Fsp3) is 0.308. The Morgan fingerprint density at radius 2 is 2.26 bits per heavy atom. The Morgan fingerprint density at radius 3 is 2.95 bits per heavy atom. The molecule has 0 spiro atoms. The van der Waals surface area contributed by atoms with Gasteiger partial charge in [-0.1, -0.05) is 5.16 Å². The molecule has 0 aliphatic heterocycles. The van der Waals surface area contributed by atoms with Crippen molar-refractivity contribution in [1.29, 1.82) is 0 Å². The molecule has 1 aliphatic rings. The Balaban J connectivity index is 1.94. The van der Waals surface area contributed by atoms with Crippen molar-refractivity contribution in [3.05, 3.63) is 34.4 Å². The molecule has 1 atom stereocenters. The Kier molecular flexibility index (Phi) is 3.18. The molecule has 19 heavy (non-hydrogen) atoms. The number of carbonyl (C=O) groups excluding carboxylic acids is 1. The normalized spacial score (nSPS) is 19.1. The quantitative estimate of drug-likeness (QED) is 0.848. The third-order valence-corrected chi connectivity index (χ3v) is 3.87. The van der Waals surface area contributed by atoms with E-state index >= 15 is 0 Å². The molecule has 6 heteroatoms. The van der Waals surface area contributed by atoms with Crippen LogP contribution in [0.3, 0.4) is 0 Å². The molecule has 1 aromatic carbocycles. The second-order valence-electron chi connectivity index (χ2n) is 4.49. The number of hydrogen-bond acceptors (Lipinski definition) is 4. The lowest BCUT2D eigenvalue weighted by Crippen LogP contribution is -2.04. The monoisotopic (exact) mass is 324 g/mol. The fourth-order valence-corrected chi connectivity index (χ4v) is 2.76. The summed E-state index contributed by atoms with van der Waals surface area (Å²) in [6, 6.07) is 4.24. The molecule has 0 radical (unpaired) electrons. The van der Waals surface area contributed by atoms with Gasteiger partial charge in [0.25, 0.3) is 0 Å². The number of benzene rings is 1. The first-order valence-corrected chi connectivity index (χ1v) is 6.76. The van der Waals surface area contributed by atoms with Gasteiger partial charge in [0.2, 0.25) is 11.7 Å². The molecule has 1 aliphatic carbocycles. The van der Waals surface area contributed by atoms with E-state index in [2.05, 4.69) is 26.1 Å². The maximum atomic E-state index is 13.0. The summed E-state index contributed by atoms with van der Waals surface area (Å²) in [5, 5.41) is 3.87. The van der Waals surface area contributed by atoms with Gasteiger partial charge < -0.3 is 4.52 Å². The fourth-order valence-electron chi connectivity index (χ4n) is 2.23. The topological polar surface area (TPSA) is 56.0 Å². The zero-order chi connectivity index (χ0) is 13.4. The van der Waals surface area contributed by atoms with E-state index in [0.717, 1.165) is 12.8 Å². The standard InChI is InChI=1S/C13H10BrFN2O2/c14-10-6-7(15)4-5-8(10)12-16-13(19-17-12)9-2-1-3-11(9)18/h4-6,9H,1-3H2. The third kappa shape index (κ3) is 2.32. The van der Waals surface area contributed by atoms with Crippen LogP contribution >= 0.6 is 15.9 Å². The van der Waals surface area contributed by atoms with Crippen molar-refractivity contribution in [2.24, 2.45) is 0 Å². The first-order chi connectivity index (χ1) is 9.15. The van der Waals surface area contributed by atoms with Crippen molar-refractivity contribution in [3.8, 4) is 11.4 Å². The summed E-state index contributed by atoms with van der Waals surface area (Å²) in [6.07, 6.45) is 2.19. The van der Waals surface area contributed by atoms with Gasteiger partial charge >= 0.3 is 0 Å². The molecule has 4 nitrogen and oxygen atoms in total. The predicted octanol–water partition coefficient (Wildman–Crippen LogP) is 3.47. The van der Waals surface area contributed by atoms with Gasteiger partial charge in [-0.2, -0.15) is 4.98 Å². The van der Waals surface area contributed by atoms with Gasteiger partial charge in [0.15, 0.2) is 0 Å². The minimum Gasteiger partial charge on any atom is -0.338 e. The van der Waals surface area contributed by atoms with Crippen LogP contribution in [0.5, 0.6) is 0 Å². The van der Waals surface area contributed by atoms with Crippen molar-refractivity contribution in [3.63, 3.8) is 0 Å². The van der Waals surface area contributed by atoms with E-state index in [1.165, 1.54) is 12.1 Å². The molecule has 1 fully saturated rings. The molecule has 0 saturated heterocycles. The molecule has 3 rings (SSSR count). The third-order valence-electron chi connectivity index (χ3n) is 3.22. The summed E-state index contributed by atoms with van der Waals surface area (Å²) >= 11 is 3.26. The summed E-state index contributed by atoms with van der Waals surface area (Å²) in [6.45, 7) is 0. The molecule has 2 aromatic rings. The van der Waals surface area contributed by atoms with E-state index in [-0.39, 0.29) is 17.5 Å². The van der Waals surface area contributed by atoms with Crippen molar-refractivity contribution in [1.82, 2.24) is 10.1 Å². The Bertz CT molecular complexity index is 641. The van der Waals surface area contributed by atoms with Gasteiger partial charge in [-0.05, 0) is 47.0 Å². The van der Waals surface area contributed by atoms with Crippen LogP contribution in [0.25, 0.3) is 11.4 Å². The first kappa shape index (κ1) is 12.5. The second-order valence-corrected chi connectivity index (χ2v) is 5.35. The Labute approximate surface area is 117 Å². The summed E-state index contributed by atoms with van der Waals surface area (Å²) < 4.78 is 18.7. The largest absolute Gasteiger partial charge is 0.338 e. The predicted molar refractivity (Wildman–Crippen MR) is 69.0 cm³/mol. The number of ketones is 1. The van der Waals surface area contributed by atoms with Crippen molar-refractivity contribution >= 4 is 21.7 Å². The average Bonchev–Trinajstić information content (AvgIpc) is 2.97. The van der Waals surface area contributed by atoms with Gasteiger partial charge in [0.05, 0.1) is 5.92 Å². The molecule has 0 N–H and O–H groups in total. The summed E-state index contributed by atoms with van der Waals surface area (Å²) in [5.41, 5.74) is 0.641. The molecule has 1 aromatic heterocycles. The SMILES string of the molecule is O=C1CCCC1c1nc(-c2ccc(F)cc2Br)no1. The van der Waals surface area contributed by atoms with Gasteiger partial charge in [-0.15, -0.1) is 0 Å². The molecular weight excluding hydrogens is 315 g/mol. The van der Waals surface area contributed by atoms with Crippen LogP contribution in [0.4, 0.5) is 4.39 Å². The molecule has 1 heterocycles. The minimum atomic E-state index is -0.342. The highest BCUT2D eigenvalue weighted by atomic mass is 79.9. The molecule has 98 valence electrons. The van der Waals surface area contributed by atoms with E-state index in [4.69, 9.17) is 4.52 Å². The maximum Gasteiger partial charge on any atom is 0.237 e. The highest BCUT2D eigenvalue weighted by Gasteiger charge is 2.31. The lowest BCUT2D eigenvalue weighted by molar-refractivity contribution is -0.119. The first-order valence-electron chi connectivity index (χ1n) is 5.97. The summed E-state index contributed by atoms with van der Waals surface area (Å²) in [4.78, 5) is 15.9. The van der Waals surface area contributed by atoms with Crippen LogP contribution in [0.1, 0.15) is 31.1 Å². The number of nitrogens with zero attached hydrogens (tertiary/aromatic N) is 2. The average molecular weight is 325 g/mol. The van der Waals surface area contributed by atoms with Crippen LogP contribution in [0.2, 0.25) is 0 Å². The Morgan fingerprint density at radius 1 is 1.42 bits per heavy atom. The van der Waals surface area contributed by atoms with Crippen LogP contribution in [0.15, 0.2) is 27.2 Å². The van der Waals surface area contributed by atoms with E-state index in [1.54, 1.807) is 6.07 Å². The van der Waals surface area contributed by atoms with E-state index in [1.807, 2.05) is 0 Å². The second kappa shape index (κ2) is 4.85. The zero-order valence-corrected chi connectivity index (χ0v) is 11.5. The number of halogens is 2. The highest BCUT2D eigenvalue weighted by molar-refractivity contribution is 9.10. The van der Waals surface area contributed by atoms with Crippen LogP contribution < -0.4 is 0 Å². The zero-order valence-electron chi connectivity index (χ0n) is 9.90. The van der Waals surface area contributed by atoms with Gasteiger partial charge in [-0.3, -0.25) is 4.79 Å². The van der Waals surface area contributed by atoms with Gasteiger partial charge in [-0.25, -0.2) is 4.39 Å². The van der Waals surface area contributed by atoms with Crippen molar-refractivity contribution in [2.75, 3.05) is 0 Å². The van der Waals surface area contributed by atoms with Gasteiger partial charge in [0.1, 0.15) is 11.6 Å². The van der Waals surface area contributed by atoms with Crippen molar-refractivity contribution < 1.29 is 13.7 Å². The lowest BCUT2D eigenvalue weighted by Gasteiger charge is -1.99. The van der Waals surface area contributed by atoms with Crippen LogP contribution in [-0.4, -0.2) is 15.9 Å². The lowest BCUT2D eigenvalue weighted by atomic mass is 10.1.